The Morgan fingerprint density at radius 2 is 1.92 bits per heavy atom. The summed E-state index contributed by atoms with van der Waals surface area (Å²) >= 11 is 0. The lowest BCUT2D eigenvalue weighted by Gasteiger charge is -2.12. The lowest BCUT2D eigenvalue weighted by molar-refractivity contribution is 0.574. The molecule has 4 heteroatoms. The van der Waals surface area contributed by atoms with Crippen molar-refractivity contribution < 1.29 is 8.42 Å². The summed E-state index contributed by atoms with van der Waals surface area (Å²) in [6, 6.07) is -0.226. The molecule has 0 spiro atoms. The summed E-state index contributed by atoms with van der Waals surface area (Å²) in [5, 5.41) is -0.0940. The van der Waals surface area contributed by atoms with Crippen LogP contribution < -0.4 is 5.73 Å². The molecule has 0 saturated heterocycles. The van der Waals surface area contributed by atoms with Crippen molar-refractivity contribution >= 4 is 9.84 Å². The smallest absolute Gasteiger partial charge is 0.154 e. The van der Waals surface area contributed by atoms with Crippen molar-refractivity contribution in [2.24, 2.45) is 5.73 Å². The molecule has 0 aromatic heterocycles. The highest BCUT2D eigenvalue weighted by Gasteiger charge is 2.28. The molecule has 0 aromatic carbocycles. The zero-order valence-corrected chi connectivity index (χ0v) is 8.31. The monoisotopic (exact) mass is 191 g/mol. The number of hydrogen-bond donors (Lipinski definition) is 1. The Morgan fingerprint density at radius 1 is 1.42 bits per heavy atom. The molecular formula is C8H17NO2S. The van der Waals surface area contributed by atoms with E-state index >= 15 is 0 Å². The molecule has 1 fully saturated rings. The van der Waals surface area contributed by atoms with Crippen LogP contribution in [0.5, 0.6) is 0 Å². The molecule has 0 bridgehead atoms. The van der Waals surface area contributed by atoms with Crippen molar-refractivity contribution in [3.8, 4) is 0 Å². The topological polar surface area (TPSA) is 60.2 Å². The predicted molar refractivity (Wildman–Crippen MR) is 49.7 cm³/mol. The summed E-state index contributed by atoms with van der Waals surface area (Å²) in [4.78, 5) is 0. The second-order valence-electron chi connectivity index (χ2n) is 3.71. The molecule has 0 radical (unpaired) electrons. The largest absolute Gasteiger partial charge is 0.327 e. The van der Waals surface area contributed by atoms with Crippen LogP contribution in [0.3, 0.4) is 0 Å². The number of nitrogens with two attached hydrogens (primary N) is 1. The van der Waals surface area contributed by atoms with Crippen LogP contribution >= 0.6 is 0 Å². The summed E-state index contributed by atoms with van der Waals surface area (Å²) in [5.41, 5.74) is 5.47. The summed E-state index contributed by atoms with van der Waals surface area (Å²) < 4.78 is 23.1. The van der Waals surface area contributed by atoms with Crippen LogP contribution in [0.15, 0.2) is 0 Å². The van der Waals surface area contributed by atoms with Gasteiger partial charge in [0.2, 0.25) is 0 Å². The Kier molecular flexibility index (Phi) is 3.12. The van der Waals surface area contributed by atoms with Gasteiger partial charge in [-0.25, -0.2) is 8.42 Å². The molecule has 1 atom stereocenters. The van der Waals surface area contributed by atoms with Gasteiger partial charge >= 0.3 is 0 Å². The van der Waals surface area contributed by atoms with Crippen LogP contribution in [-0.2, 0) is 9.84 Å². The molecular weight excluding hydrogens is 174 g/mol. The van der Waals surface area contributed by atoms with E-state index < -0.39 is 9.84 Å². The highest BCUT2D eigenvalue weighted by Crippen LogP contribution is 2.25. The zero-order chi connectivity index (χ0) is 9.19. The molecule has 3 nitrogen and oxygen atoms in total. The molecule has 1 saturated carbocycles. The van der Waals surface area contributed by atoms with Crippen molar-refractivity contribution in [3.63, 3.8) is 0 Å². The van der Waals surface area contributed by atoms with Gasteiger partial charge in [-0.2, -0.15) is 0 Å². The number of hydrogen-bond acceptors (Lipinski definition) is 3. The molecule has 1 aliphatic rings. The van der Waals surface area contributed by atoms with Gasteiger partial charge in [0.05, 0.1) is 11.0 Å². The fourth-order valence-corrected chi connectivity index (χ4v) is 3.81. The van der Waals surface area contributed by atoms with Gasteiger partial charge in [-0.15, -0.1) is 0 Å². The van der Waals surface area contributed by atoms with Crippen LogP contribution in [0.2, 0.25) is 0 Å². The normalized spacial score (nSPS) is 22.8. The van der Waals surface area contributed by atoms with Gasteiger partial charge in [-0.1, -0.05) is 12.8 Å². The molecule has 72 valence electrons. The fraction of sp³-hybridized carbons (Fsp3) is 1.00. The first kappa shape index (κ1) is 9.99. The van der Waals surface area contributed by atoms with Crippen LogP contribution in [0.1, 0.15) is 32.6 Å². The molecule has 1 rings (SSSR count). The quantitative estimate of drug-likeness (QED) is 0.714. The Hall–Kier alpha value is -0.0900. The lowest BCUT2D eigenvalue weighted by Crippen LogP contribution is -2.31. The van der Waals surface area contributed by atoms with Crippen LogP contribution in [0.4, 0.5) is 0 Å². The maximum absolute atomic E-state index is 11.6. The van der Waals surface area contributed by atoms with Crippen LogP contribution in [0.25, 0.3) is 0 Å². The first-order chi connectivity index (χ1) is 5.52. The molecule has 12 heavy (non-hydrogen) atoms. The van der Waals surface area contributed by atoms with Gasteiger partial charge in [0.1, 0.15) is 0 Å². The second kappa shape index (κ2) is 3.75. The van der Waals surface area contributed by atoms with Crippen molar-refractivity contribution in [2.45, 2.75) is 43.9 Å². The first-order valence-electron chi connectivity index (χ1n) is 4.49. The summed E-state index contributed by atoms with van der Waals surface area (Å²) in [6.45, 7) is 1.74. The molecule has 0 heterocycles. The van der Waals surface area contributed by atoms with E-state index in [4.69, 9.17) is 5.73 Å². The third-order valence-corrected chi connectivity index (χ3v) is 4.78. The Bertz CT molecular complexity index is 227. The van der Waals surface area contributed by atoms with E-state index in [9.17, 15) is 8.42 Å². The second-order valence-corrected chi connectivity index (χ2v) is 6.04. The lowest BCUT2D eigenvalue weighted by atomic mass is 10.4. The minimum atomic E-state index is -2.88. The van der Waals surface area contributed by atoms with E-state index in [1.165, 1.54) is 0 Å². The van der Waals surface area contributed by atoms with E-state index in [0.29, 0.717) is 0 Å². The van der Waals surface area contributed by atoms with Crippen molar-refractivity contribution in [1.82, 2.24) is 0 Å². The van der Waals surface area contributed by atoms with Crippen LogP contribution in [-0.4, -0.2) is 25.5 Å². The van der Waals surface area contributed by atoms with Crippen LogP contribution in [0, 0.1) is 0 Å². The maximum Gasteiger partial charge on any atom is 0.154 e. The van der Waals surface area contributed by atoms with Gasteiger partial charge in [0.15, 0.2) is 9.84 Å². The highest BCUT2D eigenvalue weighted by molar-refractivity contribution is 7.92. The SMILES string of the molecule is CC(N)CS(=O)(=O)C1CCCC1. The molecule has 0 aromatic rings. The Labute approximate surface area is 74.3 Å². The number of sulfone groups is 1. The van der Waals surface area contributed by atoms with E-state index in [-0.39, 0.29) is 17.0 Å². The van der Waals surface area contributed by atoms with Gasteiger partial charge in [0.25, 0.3) is 0 Å². The third kappa shape index (κ3) is 2.45. The predicted octanol–water partition coefficient (Wildman–Crippen LogP) is 0.691. The van der Waals surface area contributed by atoms with E-state index in [1.54, 1.807) is 6.92 Å². The third-order valence-electron chi connectivity index (χ3n) is 2.31. The average Bonchev–Trinajstić information content (AvgIpc) is 2.32. The molecule has 1 unspecified atom stereocenters. The fourth-order valence-electron chi connectivity index (χ4n) is 1.75. The number of rotatable bonds is 3. The van der Waals surface area contributed by atoms with Gasteiger partial charge in [0, 0.05) is 6.04 Å². The molecule has 0 aliphatic heterocycles. The van der Waals surface area contributed by atoms with Crippen molar-refractivity contribution in [2.75, 3.05) is 5.75 Å². The highest BCUT2D eigenvalue weighted by atomic mass is 32.2. The molecule has 0 amide bonds. The van der Waals surface area contributed by atoms with Gasteiger partial charge in [-0.3, -0.25) is 0 Å². The Morgan fingerprint density at radius 3 is 2.33 bits per heavy atom. The summed E-state index contributed by atoms with van der Waals surface area (Å²) in [6.07, 6.45) is 3.80. The van der Waals surface area contributed by atoms with E-state index in [1.807, 2.05) is 0 Å². The average molecular weight is 191 g/mol. The first-order valence-corrected chi connectivity index (χ1v) is 6.21. The van der Waals surface area contributed by atoms with Crippen molar-refractivity contribution in [3.05, 3.63) is 0 Å². The summed E-state index contributed by atoms with van der Waals surface area (Å²) in [5.74, 6) is 0.150. The minimum Gasteiger partial charge on any atom is -0.327 e. The standard InChI is InChI=1S/C8H17NO2S/c1-7(9)6-12(10,11)8-4-2-3-5-8/h7-8H,2-6,9H2,1H3. The maximum atomic E-state index is 11.6. The van der Waals surface area contributed by atoms with Gasteiger partial charge in [-0.05, 0) is 19.8 Å². The Balaban J connectivity index is 2.58. The summed E-state index contributed by atoms with van der Waals surface area (Å²) in [7, 11) is -2.88. The van der Waals surface area contributed by atoms with E-state index in [0.717, 1.165) is 25.7 Å². The zero-order valence-electron chi connectivity index (χ0n) is 7.49. The van der Waals surface area contributed by atoms with Gasteiger partial charge < -0.3 is 5.73 Å². The van der Waals surface area contributed by atoms with Crippen molar-refractivity contribution in [1.29, 1.82) is 0 Å². The molecule has 2 N–H and O–H groups in total. The molecule has 1 aliphatic carbocycles. The van der Waals surface area contributed by atoms with E-state index in [2.05, 4.69) is 0 Å². The minimum absolute atomic E-state index is 0.0940.